The average molecular weight is 457 g/mol. The maximum atomic E-state index is 13.3. The minimum Gasteiger partial charge on any atom is -0.497 e. The highest BCUT2D eigenvalue weighted by molar-refractivity contribution is 5.91. The van der Waals surface area contributed by atoms with Crippen molar-refractivity contribution in [1.82, 2.24) is 9.80 Å². The molecule has 33 heavy (non-hydrogen) atoms. The molecule has 0 saturated carbocycles. The van der Waals surface area contributed by atoms with Gasteiger partial charge in [-0.2, -0.15) is 0 Å². The Morgan fingerprint density at radius 2 is 1.79 bits per heavy atom. The number of rotatable bonds is 10. The normalized spacial score (nSPS) is 13.9. The fourth-order valence-corrected chi connectivity index (χ4v) is 3.78. The number of urea groups is 1. The molecule has 0 aromatic heterocycles. The van der Waals surface area contributed by atoms with E-state index in [0.29, 0.717) is 30.3 Å². The van der Waals surface area contributed by atoms with E-state index in [4.69, 9.17) is 14.2 Å². The van der Waals surface area contributed by atoms with Crippen LogP contribution in [0, 0.1) is 0 Å². The molecular weight excluding hydrogens is 420 g/mol. The molecule has 0 bridgehead atoms. The first-order valence-corrected chi connectivity index (χ1v) is 11.3. The molecule has 8 nitrogen and oxygen atoms in total. The highest BCUT2D eigenvalue weighted by Gasteiger charge is 2.18. The van der Waals surface area contributed by atoms with Gasteiger partial charge in [-0.25, -0.2) is 4.79 Å². The molecule has 1 fully saturated rings. The molecule has 180 valence electrons. The number of nitrogens with one attached hydrogen (secondary N) is 1. The van der Waals surface area contributed by atoms with E-state index >= 15 is 0 Å². The van der Waals surface area contributed by atoms with Crippen molar-refractivity contribution in [2.24, 2.45) is 0 Å². The predicted molar refractivity (Wildman–Crippen MR) is 132 cm³/mol. The van der Waals surface area contributed by atoms with Crippen molar-refractivity contribution >= 4 is 17.4 Å². The van der Waals surface area contributed by atoms with Gasteiger partial charge in [0.2, 0.25) is 0 Å². The second kappa shape index (κ2) is 12.3. The van der Waals surface area contributed by atoms with Crippen molar-refractivity contribution < 1.29 is 19.0 Å². The summed E-state index contributed by atoms with van der Waals surface area (Å²) in [6.45, 7) is 5.57. The lowest BCUT2D eigenvalue weighted by Gasteiger charge is -2.28. The molecule has 8 heteroatoms. The van der Waals surface area contributed by atoms with Crippen LogP contribution in [0.1, 0.15) is 12.0 Å². The van der Waals surface area contributed by atoms with Crippen molar-refractivity contribution in [2.45, 2.75) is 13.0 Å². The van der Waals surface area contributed by atoms with E-state index in [-0.39, 0.29) is 6.03 Å². The van der Waals surface area contributed by atoms with E-state index in [1.807, 2.05) is 19.0 Å². The molecule has 2 aromatic rings. The van der Waals surface area contributed by atoms with Crippen LogP contribution in [0.15, 0.2) is 42.5 Å². The van der Waals surface area contributed by atoms with Gasteiger partial charge >= 0.3 is 6.03 Å². The Bertz CT molecular complexity index is 882. The number of carbonyl (C=O) groups is 1. The summed E-state index contributed by atoms with van der Waals surface area (Å²) < 4.78 is 16.1. The van der Waals surface area contributed by atoms with Gasteiger partial charge < -0.3 is 29.3 Å². The van der Waals surface area contributed by atoms with E-state index in [1.54, 1.807) is 32.4 Å². The molecule has 0 unspecified atom stereocenters. The first-order valence-electron chi connectivity index (χ1n) is 11.3. The van der Waals surface area contributed by atoms with Gasteiger partial charge in [-0.15, -0.1) is 0 Å². The van der Waals surface area contributed by atoms with Gasteiger partial charge in [0.1, 0.15) is 11.5 Å². The molecule has 0 radical (unpaired) electrons. The first-order chi connectivity index (χ1) is 16.0. The van der Waals surface area contributed by atoms with Gasteiger partial charge in [0, 0.05) is 58.6 Å². The molecular formula is C25H36N4O4. The van der Waals surface area contributed by atoms with Crippen molar-refractivity contribution in [1.29, 1.82) is 0 Å². The summed E-state index contributed by atoms with van der Waals surface area (Å²) in [5, 5.41) is 3.02. The number of morpholine rings is 1. The van der Waals surface area contributed by atoms with E-state index in [0.717, 1.165) is 50.5 Å². The summed E-state index contributed by atoms with van der Waals surface area (Å²) in [7, 11) is 7.22. The van der Waals surface area contributed by atoms with Gasteiger partial charge in [0.05, 0.1) is 33.1 Å². The number of hydrogen-bond acceptors (Lipinski definition) is 6. The average Bonchev–Trinajstić information content (AvgIpc) is 2.84. The molecule has 0 atom stereocenters. The zero-order chi connectivity index (χ0) is 23.6. The first kappa shape index (κ1) is 24.7. The zero-order valence-electron chi connectivity index (χ0n) is 20.2. The maximum Gasteiger partial charge on any atom is 0.322 e. The van der Waals surface area contributed by atoms with Crippen molar-refractivity contribution in [3.63, 3.8) is 0 Å². The lowest BCUT2D eigenvalue weighted by molar-refractivity contribution is 0.0365. The third-order valence-electron chi connectivity index (χ3n) is 5.77. The summed E-state index contributed by atoms with van der Waals surface area (Å²) in [6.07, 6.45) is 0.892. The van der Waals surface area contributed by atoms with Crippen molar-refractivity contribution in [3.8, 4) is 11.5 Å². The van der Waals surface area contributed by atoms with Crippen molar-refractivity contribution in [3.05, 3.63) is 48.0 Å². The fraction of sp³-hybridized carbons (Fsp3) is 0.480. The van der Waals surface area contributed by atoms with Crippen LogP contribution in [0.2, 0.25) is 0 Å². The Labute approximate surface area is 197 Å². The van der Waals surface area contributed by atoms with Crippen LogP contribution < -0.4 is 19.7 Å². The van der Waals surface area contributed by atoms with Crippen LogP contribution >= 0.6 is 0 Å². The second-order valence-corrected chi connectivity index (χ2v) is 8.29. The van der Waals surface area contributed by atoms with E-state index in [1.165, 1.54) is 0 Å². The number of nitrogens with zero attached hydrogens (tertiary/aromatic N) is 3. The monoisotopic (exact) mass is 456 g/mol. The van der Waals surface area contributed by atoms with Crippen LogP contribution in [0.3, 0.4) is 0 Å². The molecule has 1 saturated heterocycles. The number of methoxy groups -OCH3 is 2. The molecule has 1 aliphatic rings. The molecule has 0 aliphatic carbocycles. The third kappa shape index (κ3) is 7.27. The molecule has 1 aliphatic heterocycles. The van der Waals surface area contributed by atoms with Gasteiger partial charge in [-0.3, -0.25) is 4.90 Å². The summed E-state index contributed by atoms with van der Waals surface area (Å²) in [5.41, 5.74) is 2.83. The lowest BCUT2D eigenvalue weighted by Crippen LogP contribution is -2.40. The van der Waals surface area contributed by atoms with Crippen LogP contribution in [-0.4, -0.2) is 83.5 Å². The molecule has 1 N–H and O–H groups in total. The number of hydrogen-bond donors (Lipinski definition) is 1. The molecule has 0 spiro atoms. The van der Waals surface area contributed by atoms with E-state index in [2.05, 4.69) is 39.4 Å². The summed E-state index contributed by atoms with van der Waals surface area (Å²) in [5.74, 6) is 1.24. The minimum atomic E-state index is -0.155. The number of anilines is 2. The number of benzene rings is 2. The van der Waals surface area contributed by atoms with Crippen LogP contribution in [0.25, 0.3) is 0 Å². The largest absolute Gasteiger partial charge is 0.497 e. The fourth-order valence-electron chi connectivity index (χ4n) is 3.78. The highest BCUT2D eigenvalue weighted by Crippen LogP contribution is 2.29. The highest BCUT2D eigenvalue weighted by atomic mass is 16.5. The number of amides is 2. The smallest absolute Gasteiger partial charge is 0.322 e. The summed E-state index contributed by atoms with van der Waals surface area (Å²) in [4.78, 5) is 19.6. The zero-order valence-corrected chi connectivity index (χ0v) is 20.2. The SMILES string of the molecule is COc1ccc(NC(=O)N(CCCN2CCOCC2)Cc2ccc(N(C)C)cc2)c(OC)c1. The van der Waals surface area contributed by atoms with Gasteiger partial charge in [-0.1, -0.05) is 12.1 Å². The van der Waals surface area contributed by atoms with Crippen molar-refractivity contribution in [2.75, 3.05) is 77.9 Å². The van der Waals surface area contributed by atoms with Crippen LogP contribution in [0.4, 0.5) is 16.2 Å². The topological polar surface area (TPSA) is 66.5 Å². The van der Waals surface area contributed by atoms with Crippen LogP contribution in [0.5, 0.6) is 11.5 Å². The summed E-state index contributed by atoms with van der Waals surface area (Å²) >= 11 is 0. The maximum absolute atomic E-state index is 13.3. The number of ether oxygens (including phenoxy) is 3. The van der Waals surface area contributed by atoms with E-state index < -0.39 is 0 Å². The van der Waals surface area contributed by atoms with E-state index in [9.17, 15) is 4.79 Å². The van der Waals surface area contributed by atoms with Gasteiger partial charge in [0.15, 0.2) is 0 Å². The Morgan fingerprint density at radius 3 is 2.42 bits per heavy atom. The Hall–Kier alpha value is -2.97. The molecule has 1 heterocycles. The molecule has 2 amide bonds. The van der Waals surface area contributed by atoms with Gasteiger partial charge in [0.25, 0.3) is 0 Å². The van der Waals surface area contributed by atoms with Gasteiger partial charge in [-0.05, 0) is 36.2 Å². The second-order valence-electron chi connectivity index (χ2n) is 8.29. The molecule has 2 aromatic carbocycles. The number of carbonyl (C=O) groups excluding carboxylic acids is 1. The Morgan fingerprint density at radius 1 is 1.06 bits per heavy atom. The third-order valence-corrected chi connectivity index (χ3v) is 5.77. The predicted octanol–water partition coefficient (Wildman–Crippen LogP) is 3.53. The minimum absolute atomic E-state index is 0.155. The molecule has 3 rings (SSSR count). The van der Waals surface area contributed by atoms with Crippen LogP contribution in [-0.2, 0) is 11.3 Å². The Balaban J connectivity index is 1.69. The summed E-state index contributed by atoms with van der Waals surface area (Å²) in [6, 6.07) is 13.5. The Kier molecular flexibility index (Phi) is 9.21. The standard InChI is InChI=1S/C25H36N4O4/c1-27(2)21-8-6-20(7-9-21)19-29(13-5-12-28-14-16-33-17-15-28)25(30)26-23-11-10-22(31-3)18-24(23)32-4/h6-11,18H,5,12-17,19H2,1-4H3,(H,26,30). The quantitative estimate of drug-likeness (QED) is 0.590. The lowest BCUT2D eigenvalue weighted by atomic mass is 10.2.